The van der Waals surface area contributed by atoms with Crippen LogP contribution in [0.5, 0.6) is 5.75 Å². The smallest absolute Gasteiger partial charge is 0.306 e. The van der Waals surface area contributed by atoms with Crippen molar-refractivity contribution in [3.63, 3.8) is 0 Å². The topological polar surface area (TPSA) is 76.7 Å². The first-order valence-electron chi connectivity index (χ1n) is 8.51. The summed E-state index contributed by atoms with van der Waals surface area (Å²) in [4.78, 5) is 22.7. The molecule has 0 fully saturated rings. The monoisotopic (exact) mass is 386 g/mol. The average Bonchev–Trinajstić information content (AvgIpc) is 2.68. The van der Waals surface area contributed by atoms with Gasteiger partial charge < -0.3 is 20.1 Å². The van der Waals surface area contributed by atoms with E-state index >= 15 is 0 Å². The number of amides is 1. The van der Waals surface area contributed by atoms with Crippen molar-refractivity contribution in [3.8, 4) is 5.75 Å². The summed E-state index contributed by atoms with van der Waals surface area (Å²) in [6.07, 6.45) is 0.866. The first kappa shape index (κ1) is 20.4. The van der Waals surface area contributed by atoms with Crippen LogP contribution in [0, 0.1) is 0 Å². The zero-order valence-electron chi connectivity index (χ0n) is 15.1. The predicted molar refractivity (Wildman–Crippen MR) is 108 cm³/mol. The van der Waals surface area contributed by atoms with Gasteiger partial charge in [-0.2, -0.15) is 0 Å². The fraction of sp³-hybridized carbons (Fsp3) is 0.250. The standard InChI is InChI=1S/C20H22N2O4S/c1-25-19(24)12-11-18(23)22-20(27)21-16-7-9-17(10-8-16)26-14-13-15-5-3-2-4-6-15/h2-10H,11-14H2,1H3,(H2,21,22,23,27). The molecule has 0 radical (unpaired) electrons. The number of carbonyl (C=O) groups excluding carboxylic acids is 2. The summed E-state index contributed by atoms with van der Waals surface area (Å²) in [5.74, 6) is -0.0323. The molecule has 27 heavy (non-hydrogen) atoms. The van der Waals surface area contributed by atoms with Gasteiger partial charge in [-0.05, 0) is 42.0 Å². The van der Waals surface area contributed by atoms with Crippen molar-refractivity contribution >= 4 is 34.9 Å². The number of nitrogens with one attached hydrogen (secondary N) is 2. The first-order chi connectivity index (χ1) is 13.1. The molecule has 7 heteroatoms. The molecule has 0 spiro atoms. The Kier molecular flexibility index (Phi) is 8.25. The van der Waals surface area contributed by atoms with Gasteiger partial charge in [-0.25, -0.2) is 0 Å². The molecule has 2 aromatic rings. The maximum Gasteiger partial charge on any atom is 0.306 e. The number of hydrogen-bond acceptors (Lipinski definition) is 5. The third-order valence-corrected chi connectivity index (χ3v) is 3.86. The number of anilines is 1. The van der Waals surface area contributed by atoms with Gasteiger partial charge in [-0.15, -0.1) is 0 Å². The van der Waals surface area contributed by atoms with Crippen molar-refractivity contribution in [2.24, 2.45) is 0 Å². The molecule has 0 saturated heterocycles. The van der Waals surface area contributed by atoms with E-state index in [1.54, 1.807) is 0 Å². The highest BCUT2D eigenvalue weighted by Crippen LogP contribution is 2.16. The lowest BCUT2D eigenvalue weighted by Crippen LogP contribution is -2.34. The van der Waals surface area contributed by atoms with Gasteiger partial charge in [0.05, 0.1) is 20.1 Å². The molecule has 142 valence electrons. The molecule has 6 nitrogen and oxygen atoms in total. The lowest BCUT2D eigenvalue weighted by molar-refractivity contribution is -0.142. The fourth-order valence-electron chi connectivity index (χ4n) is 2.24. The van der Waals surface area contributed by atoms with Crippen LogP contribution in [0.2, 0.25) is 0 Å². The highest BCUT2D eigenvalue weighted by Gasteiger charge is 2.08. The summed E-state index contributed by atoms with van der Waals surface area (Å²) < 4.78 is 10.2. The minimum atomic E-state index is -0.438. The van der Waals surface area contributed by atoms with Gasteiger partial charge in [-0.3, -0.25) is 9.59 Å². The van der Waals surface area contributed by atoms with Crippen LogP contribution in [0.3, 0.4) is 0 Å². The van der Waals surface area contributed by atoms with E-state index in [-0.39, 0.29) is 23.9 Å². The van der Waals surface area contributed by atoms with Gasteiger partial charge in [0.2, 0.25) is 5.91 Å². The average molecular weight is 386 g/mol. The normalized spacial score (nSPS) is 9.96. The Labute approximate surface area is 163 Å². The Hall–Kier alpha value is -2.93. The van der Waals surface area contributed by atoms with Crippen molar-refractivity contribution in [1.29, 1.82) is 0 Å². The molecule has 1 amide bonds. The third kappa shape index (κ3) is 7.87. The number of benzene rings is 2. The van der Waals surface area contributed by atoms with E-state index in [9.17, 15) is 9.59 Å². The number of esters is 1. The van der Waals surface area contributed by atoms with Crippen molar-refractivity contribution in [2.75, 3.05) is 19.0 Å². The van der Waals surface area contributed by atoms with Gasteiger partial charge in [0.25, 0.3) is 0 Å². The second-order valence-corrected chi connectivity index (χ2v) is 6.10. The molecule has 0 unspecified atom stereocenters. The van der Waals surface area contributed by atoms with Gasteiger partial charge in [0.15, 0.2) is 5.11 Å². The fourth-order valence-corrected chi connectivity index (χ4v) is 2.47. The molecule has 2 N–H and O–H groups in total. The van der Waals surface area contributed by atoms with Crippen LogP contribution in [-0.2, 0) is 20.7 Å². The molecular weight excluding hydrogens is 364 g/mol. The molecular formula is C20H22N2O4S. The van der Waals surface area contributed by atoms with Gasteiger partial charge in [0, 0.05) is 18.5 Å². The van der Waals surface area contributed by atoms with Crippen LogP contribution in [0.1, 0.15) is 18.4 Å². The summed E-state index contributed by atoms with van der Waals surface area (Å²) in [5, 5.41) is 5.60. The van der Waals surface area contributed by atoms with Gasteiger partial charge in [0.1, 0.15) is 5.75 Å². The van der Waals surface area contributed by atoms with E-state index in [2.05, 4.69) is 27.5 Å². The molecule has 0 heterocycles. The van der Waals surface area contributed by atoms with Crippen LogP contribution in [-0.4, -0.2) is 30.7 Å². The van der Waals surface area contributed by atoms with Crippen LogP contribution >= 0.6 is 12.2 Å². The number of methoxy groups -OCH3 is 1. The Morgan fingerprint density at radius 3 is 2.37 bits per heavy atom. The summed E-state index contributed by atoms with van der Waals surface area (Å²) >= 11 is 5.09. The molecule has 0 bridgehead atoms. The third-order valence-electron chi connectivity index (χ3n) is 3.65. The largest absolute Gasteiger partial charge is 0.493 e. The molecule has 0 saturated carbocycles. The molecule has 2 aromatic carbocycles. The van der Waals surface area contributed by atoms with Gasteiger partial charge >= 0.3 is 5.97 Å². The first-order valence-corrected chi connectivity index (χ1v) is 8.92. The maximum absolute atomic E-state index is 11.7. The number of hydrogen-bond donors (Lipinski definition) is 2. The molecule has 0 atom stereocenters. The summed E-state index contributed by atoms with van der Waals surface area (Å²) in [7, 11) is 1.28. The van der Waals surface area contributed by atoms with Crippen molar-refractivity contribution < 1.29 is 19.1 Å². The van der Waals surface area contributed by atoms with Crippen LogP contribution in [0.25, 0.3) is 0 Å². The minimum Gasteiger partial charge on any atom is -0.493 e. The molecule has 0 aliphatic carbocycles. The van der Waals surface area contributed by atoms with Crippen molar-refractivity contribution in [2.45, 2.75) is 19.3 Å². The molecule has 0 aromatic heterocycles. The van der Waals surface area contributed by atoms with E-state index in [4.69, 9.17) is 17.0 Å². The number of ether oxygens (including phenoxy) is 2. The van der Waals surface area contributed by atoms with Crippen LogP contribution < -0.4 is 15.4 Å². The Balaban J connectivity index is 1.72. The quantitative estimate of drug-likeness (QED) is 0.536. The number of rotatable bonds is 8. The van der Waals surface area contributed by atoms with Crippen LogP contribution in [0.4, 0.5) is 5.69 Å². The molecule has 0 aliphatic heterocycles. The zero-order valence-corrected chi connectivity index (χ0v) is 15.9. The summed E-state index contributed by atoms with van der Waals surface area (Å²) in [5.41, 5.74) is 1.95. The maximum atomic E-state index is 11.7. The summed E-state index contributed by atoms with van der Waals surface area (Å²) in [6.45, 7) is 0.589. The molecule has 2 rings (SSSR count). The van der Waals surface area contributed by atoms with E-state index < -0.39 is 5.97 Å². The van der Waals surface area contributed by atoms with E-state index in [0.717, 1.165) is 17.9 Å². The van der Waals surface area contributed by atoms with E-state index in [0.29, 0.717) is 6.61 Å². The van der Waals surface area contributed by atoms with Crippen LogP contribution in [0.15, 0.2) is 54.6 Å². The lowest BCUT2D eigenvalue weighted by Gasteiger charge is -2.11. The Bertz CT molecular complexity index is 763. The second kappa shape index (κ2) is 10.9. The molecule has 0 aliphatic rings. The van der Waals surface area contributed by atoms with Crippen molar-refractivity contribution in [3.05, 3.63) is 60.2 Å². The predicted octanol–water partition coefficient (Wildman–Crippen LogP) is 3.07. The summed E-state index contributed by atoms with van der Waals surface area (Å²) in [6, 6.07) is 17.4. The highest BCUT2D eigenvalue weighted by atomic mass is 32.1. The lowest BCUT2D eigenvalue weighted by atomic mass is 10.2. The van der Waals surface area contributed by atoms with Gasteiger partial charge in [-0.1, -0.05) is 30.3 Å². The Morgan fingerprint density at radius 2 is 1.70 bits per heavy atom. The minimum absolute atomic E-state index is 0.0139. The van der Waals surface area contributed by atoms with E-state index in [1.807, 2.05) is 42.5 Å². The van der Waals surface area contributed by atoms with E-state index in [1.165, 1.54) is 12.7 Å². The highest BCUT2D eigenvalue weighted by molar-refractivity contribution is 7.80. The second-order valence-electron chi connectivity index (χ2n) is 5.69. The number of carbonyl (C=O) groups is 2. The Morgan fingerprint density at radius 1 is 1.00 bits per heavy atom. The SMILES string of the molecule is COC(=O)CCC(=O)NC(=S)Nc1ccc(OCCc2ccccc2)cc1. The van der Waals surface area contributed by atoms with Crippen molar-refractivity contribution in [1.82, 2.24) is 5.32 Å². The zero-order chi connectivity index (χ0) is 19.5. The number of thiocarbonyl (C=S) groups is 1.